The second-order valence-electron chi connectivity index (χ2n) is 6.78. The molecule has 1 N–H and O–H groups in total. The van der Waals surface area contributed by atoms with E-state index in [-0.39, 0.29) is 17.9 Å². The van der Waals surface area contributed by atoms with Gasteiger partial charge < -0.3 is 10.0 Å². The number of hydrogen-bond acceptors (Lipinski definition) is 5. The monoisotopic (exact) mass is 390 g/mol. The van der Waals surface area contributed by atoms with Crippen LogP contribution in [0.2, 0.25) is 0 Å². The summed E-state index contributed by atoms with van der Waals surface area (Å²) in [5.74, 6) is 0.281. The van der Waals surface area contributed by atoms with E-state index >= 15 is 0 Å². The van der Waals surface area contributed by atoms with Crippen molar-refractivity contribution in [2.24, 2.45) is 0 Å². The van der Waals surface area contributed by atoms with Gasteiger partial charge in [0.2, 0.25) is 0 Å². The van der Waals surface area contributed by atoms with Gasteiger partial charge in [-0.2, -0.15) is 18.2 Å². The number of alkyl halides is 3. The molecule has 1 saturated heterocycles. The molecule has 4 rings (SSSR count). The Kier molecular flexibility index (Phi) is 4.34. The van der Waals surface area contributed by atoms with Crippen molar-refractivity contribution in [2.75, 3.05) is 18.0 Å². The fourth-order valence-electron chi connectivity index (χ4n) is 3.51. The van der Waals surface area contributed by atoms with E-state index in [1.165, 1.54) is 6.07 Å². The first kappa shape index (κ1) is 18.4. The Morgan fingerprint density at radius 2 is 2.04 bits per heavy atom. The number of hydrogen-bond donors (Lipinski definition) is 1. The van der Waals surface area contributed by atoms with Crippen molar-refractivity contribution in [3.8, 4) is 5.69 Å². The number of aryl methyl sites for hydroxylation is 1. The van der Waals surface area contributed by atoms with Crippen LogP contribution in [0.25, 0.3) is 16.6 Å². The second-order valence-corrected chi connectivity index (χ2v) is 6.78. The van der Waals surface area contributed by atoms with Crippen LogP contribution in [0.5, 0.6) is 0 Å². The third-order valence-electron chi connectivity index (χ3n) is 4.88. The van der Waals surface area contributed by atoms with Crippen molar-refractivity contribution in [3.05, 3.63) is 58.3 Å². The van der Waals surface area contributed by atoms with Crippen LogP contribution in [0.15, 0.2) is 41.3 Å². The highest BCUT2D eigenvalue weighted by atomic mass is 19.4. The maximum absolute atomic E-state index is 13.3. The van der Waals surface area contributed by atoms with E-state index in [4.69, 9.17) is 0 Å². The summed E-state index contributed by atoms with van der Waals surface area (Å²) in [7, 11) is 0. The average molecular weight is 390 g/mol. The number of fused-ring (bicyclic) bond motifs is 1. The number of benzene rings is 1. The quantitative estimate of drug-likeness (QED) is 0.729. The molecule has 28 heavy (non-hydrogen) atoms. The molecule has 1 fully saturated rings. The number of β-amino-alcohol motifs (C(OH)–C–C–N with tert-alkyl or cyclic N) is 1. The van der Waals surface area contributed by atoms with E-state index in [0.717, 1.165) is 16.7 Å². The molecule has 1 aliphatic heterocycles. The Bertz CT molecular complexity index is 1110. The van der Waals surface area contributed by atoms with Gasteiger partial charge in [0.25, 0.3) is 0 Å². The summed E-state index contributed by atoms with van der Waals surface area (Å²) in [5, 5.41) is 10.2. The summed E-state index contributed by atoms with van der Waals surface area (Å²) >= 11 is 0. The Morgan fingerprint density at radius 1 is 1.25 bits per heavy atom. The zero-order valence-corrected chi connectivity index (χ0v) is 14.9. The smallest absolute Gasteiger partial charge is 0.391 e. The summed E-state index contributed by atoms with van der Waals surface area (Å²) in [6.45, 7) is 2.42. The van der Waals surface area contributed by atoms with Crippen LogP contribution in [-0.2, 0) is 6.18 Å². The molecule has 0 aliphatic carbocycles. The number of anilines is 1. The summed E-state index contributed by atoms with van der Waals surface area (Å²) in [6, 6.07) is 6.49. The Hall–Kier alpha value is -2.94. The van der Waals surface area contributed by atoms with Gasteiger partial charge in [0, 0.05) is 24.7 Å². The van der Waals surface area contributed by atoms with Crippen LogP contribution in [-0.4, -0.2) is 38.8 Å². The number of rotatable bonds is 2. The second kappa shape index (κ2) is 6.59. The Morgan fingerprint density at radius 3 is 2.68 bits per heavy atom. The zero-order valence-electron chi connectivity index (χ0n) is 14.9. The fourth-order valence-corrected chi connectivity index (χ4v) is 3.51. The third kappa shape index (κ3) is 3.11. The number of aliphatic hydroxyl groups is 1. The first-order chi connectivity index (χ1) is 13.3. The number of halogens is 3. The molecule has 1 aliphatic rings. The molecule has 3 aromatic rings. The van der Waals surface area contributed by atoms with E-state index in [1.807, 2.05) is 0 Å². The molecule has 2 aromatic heterocycles. The highest BCUT2D eigenvalue weighted by molar-refractivity contribution is 5.91. The lowest BCUT2D eigenvalue weighted by Crippen LogP contribution is -2.29. The fraction of sp³-hybridized carbons (Fsp3) is 0.316. The van der Waals surface area contributed by atoms with Crippen LogP contribution < -0.4 is 10.6 Å². The minimum absolute atomic E-state index is 0.0994. The van der Waals surface area contributed by atoms with E-state index < -0.39 is 23.5 Å². The number of nitrogens with zero attached hydrogens (tertiary/aromatic N) is 4. The minimum atomic E-state index is -4.55. The van der Waals surface area contributed by atoms with Gasteiger partial charge in [-0.05, 0) is 43.7 Å². The van der Waals surface area contributed by atoms with Crippen LogP contribution in [0, 0.1) is 6.92 Å². The largest absolute Gasteiger partial charge is 0.416 e. The van der Waals surface area contributed by atoms with Gasteiger partial charge in [0.1, 0.15) is 5.82 Å². The maximum atomic E-state index is 13.3. The van der Waals surface area contributed by atoms with E-state index in [9.17, 15) is 23.1 Å². The van der Waals surface area contributed by atoms with Crippen LogP contribution in [0.3, 0.4) is 0 Å². The van der Waals surface area contributed by atoms with Gasteiger partial charge in [-0.1, -0.05) is 0 Å². The summed E-state index contributed by atoms with van der Waals surface area (Å²) in [4.78, 5) is 22.9. The summed E-state index contributed by atoms with van der Waals surface area (Å²) in [5.41, 5.74) is -0.582. The molecular weight excluding hydrogens is 373 g/mol. The lowest BCUT2D eigenvalue weighted by molar-refractivity contribution is -0.137. The molecule has 3 heterocycles. The SMILES string of the molecule is Cc1ncccc1-n1c(=O)nc(N2CC[C@@H](O)C2)c2ccc(C(F)(F)F)cc21. The van der Waals surface area contributed by atoms with Crippen molar-refractivity contribution in [1.29, 1.82) is 0 Å². The molecule has 6 nitrogen and oxygen atoms in total. The molecule has 0 bridgehead atoms. The van der Waals surface area contributed by atoms with Gasteiger partial charge in [-0.15, -0.1) is 0 Å². The molecule has 1 atom stereocenters. The van der Waals surface area contributed by atoms with Gasteiger partial charge >= 0.3 is 11.9 Å². The van der Waals surface area contributed by atoms with Crippen molar-refractivity contribution < 1.29 is 18.3 Å². The highest BCUT2D eigenvalue weighted by Crippen LogP contribution is 2.34. The molecule has 0 unspecified atom stereocenters. The molecule has 0 saturated carbocycles. The molecule has 0 amide bonds. The Balaban J connectivity index is 2.05. The first-order valence-corrected chi connectivity index (χ1v) is 8.75. The molecule has 146 valence electrons. The summed E-state index contributed by atoms with van der Waals surface area (Å²) in [6.07, 6.45) is -3.06. The predicted molar refractivity (Wildman–Crippen MR) is 97.7 cm³/mol. The molecule has 0 spiro atoms. The molecule has 9 heteroatoms. The van der Waals surface area contributed by atoms with E-state index in [0.29, 0.717) is 29.7 Å². The zero-order chi connectivity index (χ0) is 20.1. The van der Waals surface area contributed by atoms with Gasteiger partial charge in [-0.25, -0.2) is 4.79 Å². The molecule has 1 aromatic carbocycles. The van der Waals surface area contributed by atoms with Crippen molar-refractivity contribution >= 4 is 16.7 Å². The number of aromatic nitrogens is 3. The standard InChI is InChI=1S/C19H17F3N4O2/c1-11-15(3-2-7-23-11)26-16-9-12(19(20,21)22)4-5-14(16)17(24-18(26)28)25-8-6-13(27)10-25/h2-5,7,9,13,27H,6,8,10H2,1H3/t13-/m1/s1. The van der Waals surface area contributed by atoms with Gasteiger partial charge in [0.05, 0.1) is 28.6 Å². The highest BCUT2D eigenvalue weighted by Gasteiger charge is 2.32. The van der Waals surface area contributed by atoms with E-state index in [2.05, 4.69) is 9.97 Å². The minimum Gasteiger partial charge on any atom is -0.391 e. The van der Waals surface area contributed by atoms with Gasteiger partial charge in [-0.3, -0.25) is 9.55 Å². The maximum Gasteiger partial charge on any atom is 0.416 e. The van der Waals surface area contributed by atoms with Crippen LogP contribution in [0.1, 0.15) is 17.7 Å². The lowest BCUT2D eigenvalue weighted by Gasteiger charge is -2.21. The van der Waals surface area contributed by atoms with Crippen LogP contribution in [0.4, 0.5) is 19.0 Å². The third-order valence-corrected chi connectivity index (χ3v) is 4.88. The normalized spacial score (nSPS) is 17.5. The topological polar surface area (TPSA) is 71.2 Å². The number of aliphatic hydroxyl groups excluding tert-OH is 1. The Labute approximate surface area is 157 Å². The van der Waals surface area contributed by atoms with Crippen molar-refractivity contribution in [1.82, 2.24) is 14.5 Å². The van der Waals surface area contributed by atoms with E-state index in [1.54, 1.807) is 30.2 Å². The van der Waals surface area contributed by atoms with Crippen LogP contribution >= 0.6 is 0 Å². The lowest BCUT2D eigenvalue weighted by atomic mass is 10.1. The predicted octanol–water partition coefficient (Wildman–Crippen LogP) is 2.68. The average Bonchev–Trinajstić information content (AvgIpc) is 3.07. The molecule has 0 radical (unpaired) electrons. The van der Waals surface area contributed by atoms with Crippen molar-refractivity contribution in [3.63, 3.8) is 0 Å². The summed E-state index contributed by atoms with van der Waals surface area (Å²) < 4.78 is 41.1. The number of pyridine rings is 1. The first-order valence-electron chi connectivity index (χ1n) is 8.75. The van der Waals surface area contributed by atoms with Crippen molar-refractivity contribution in [2.45, 2.75) is 25.6 Å². The van der Waals surface area contributed by atoms with Gasteiger partial charge in [0.15, 0.2) is 0 Å². The molecular formula is C19H17F3N4O2.